The molecule has 0 saturated carbocycles. The SMILES string of the molecule is COc1cc(C(=O)N2CCCN(Cc3ccc(C#N)cc3)CC2)ccc1OC(F)F. The summed E-state index contributed by atoms with van der Waals surface area (Å²) in [5.41, 5.74) is 2.12. The van der Waals surface area contributed by atoms with Crippen LogP contribution in [0.15, 0.2) is 42.5 Å². The van der Waals surface area contributed by atoms with Crippen LogP contribution in [-0.4, -0.2) is 55.6 Å². The van der Waals surface area contributed by atoms with Gasteiger partial charge in [0.25, 0.3) is 5.91 Å². The first kappa shape index (κ1) is 21.5. The zero-order chi connectivity index (χ0) is 21.5. The summed E-state index contributed by atoms with van der Waals surface area (Å²) in [5, 5.41) is 8.90. The van der Waals surface area contributed by atoms with Crippen LogP contribution >= 0.6 is 0 Å². The Morgan fingerprint density at radius 1 is 1.10 bits per heavy atom. The van der Waals surface area contributed by atoms with E-state index >= 15 is 0 Å². The maximum Gasteiger partial charge on any atom is 0.387 e. The molecule has 3 rings (SSSR count). The van der Waals surface area contributed by atoms with Gasteiger partial charge in [-0.1, -0.05) is 12.1 Å². The van der Waals surface area contributed by atoms with Gasteiger partial charge in [0, 0.05) is 38.3 Å². The van der Waals surface area contributed by atoms with Crippen molar-refractivity contribution in [3.63, 3.8) is 0 Å². The first-order valence-corrected chi connectivity index (χ1v) is 9.63. The fourth-order valence-electron chi connectivity index (χ4n) is 3.45. The molecule has 1 heterocycles. The Hall–Kier alpha value is -3.18. The summed E-state index contributed by atoms with van der Waals surface area (Å²) in [6.07, 6.45) is 0.825. The fourth-order valence-corrected chi connectivity index (χ4v) is 3.45. The van der Waals surface area contributed by atoms with Crippen molar-refractivity contribution in [1.29, 1.82) is 5.26 Å². The second-order valence-electron chi connectivity index (χ2n) is 6.97. The molecule has 1 aliphatic rings. The van der Waals surface area contributed by atoms with Crippen molar-refractivity contribution in [1.82, 2.24) is 9.80 Å². The topological polar surface area (TPSA) is 65.8 Å². The van der Waals surface area contributed by atoms with Gasteiger partial charge in [0.1, 0.15) is 0 Å². The van der Waals surface area contributed by atoms with Crippen LogP contribution in [0.4, 0.5) is 8.78 Å². The second-order valence-corrected chi connectivity index (χ2v) is 6.97. The molecule has 0 aliphatic carbocycles. The van der Waals surface area contributed by atoms with Crippen LogP contribution in [0, 0.1) is 11.3 Å². The summed E-state index contributed by atoms with van der Waals surface area (Å²) in [4.78, 5) is 17.0. The lowest BCUT2D eigenvalue weighted by atomic mass is 10.1. The molecule has 0 radical (unpaired) electrons. The molecule has 2 aromatic rings. The largest absolute Gasteiger partial charge is 0.493 e. The molecule has 1 fully saturated rings. The van der Waals surface area contributed by atoms with Crippen molar-refractivity contribution in [3.8, 4) is 17.6 Å². The number of nitrogens with zero attached hydrogens (tertiary/aromatic N) is 3. The van der Waals surface area contributed by atoms with E-state index in [9.17, 15) is 13.6 Å². The van der Waals surface area contributed by atoms with Gasteiger partial charge in [-0.05, 0) is 42.3 Å². The minimum Gasteiger partial charge on any atom is -0.493 e. The summed E-state index contributed by atoms with van der Waals surface area (Å²) >= 11 is 0. The van der Waals surface area contributed by atoms with E-state index in [1.54, 1.807) is 17.0 Å². The monoisotopic (exact) mass is 415 g/mol. The summed E-state index contributed by atoms with van der Waals surface area (Å²) in [6.45, 7) is 0.533. The number of amides is 1. The summed E-state index contributed by atoms with van der Waals surface area (Å²) in [5.74, 6) is -0.177. The van der Waals surface area contributed by atoms with Gasteiger partial charge >= 0.3 is 6.61 Å². The molecule has 1 amide bonds. The maximum absolute atomic E-state index is 12.9. The second kappa shape index (κ2) is 10.0. The first-order valence-electron chi connectivity index (χ1n) is 9.63. The molecule has 0 bridgehead atoms. The number of hydrogen-bond donors (Lipinski definition) is 0. The Balaban J connectivity index is 1.63. The number of hydrogen-bond acceptors (Lipinski definition) is 5. The van der Waals surface area contributed by atoms with E-state index in [0.29, 0.717) is 24.2 Å². The molecule has 1 aliphatic heterocycles. The van der Waals surface area contributed by atoms with Gasteiger partial charge in [-0.15, -0.1) is 0 Å². The Bertz CT molecular complexity index is 913. The third-order valence-electron chi connectivity index (χ3n) is 4.99. The fraction of sp³-hybridized carbons (Fsp3) is 0.364. The van der Waals surface area contributed by atoms with Crippen molar-refractivity contribution in [2.45, 2.75) is 19.6 Å². The van der Waals surface area contributed by atoms with E-state index in [1.807, 2.05) is 12.1 Å². The molecular weight excluding hydrogens is 392 g/mol. The molecule has 0 spiro atoms. The van der Waals surface area contributed by atoms with Gasteiger partial charge in [0.2, 0.25) is 0 Å². The lowest BCUT2D eigenvalue weighted by Gasteiger charge is -2.22. The van der Waals surface area contributed by atoms with Crippen LogP contribution in [0.25, 0.3) is 0 Å². The predicted octanol–water partition coefficient (Wildman–Crippen LogP) is 3.52. The van der Waals surface area contributed by atoms with Crippen molar-refractivity contribution < 1.29 is 23.0 Å². The molecule has 6 nitrogen and oxygen atoms in total. The highest BCUT2D eigenvalue weighted by Crippen LogP contribution is 2.30. The van der Waals surface area contributed by atoms with Crippen molar-refractivity contribution in [2.24, 2.45) is 0 Å². The van der Waals surface area contributed by atoms with Gasteiger partial charge in [-0.25, -0.2) is 0 Å². The molecule has 8 heteroatoms. The molecule has 158 valence electrons. The van der Waals surface area contributed by atoms with Crippen molar-refractivity contribution >= 4 is 5.91 Å². The minimum atomic E-state index is -2.96. The Morgan fingerprint density at radius 3 is 2.53 bits per heavy atom. The smallest absolute Gasteiger partial charge is 0.387 e. The van der Waals surface area contributed by atoms with Gasteiger partial charge < -0.3 is 14.4 Å². The molecule has 0 unspecified atom stereocenters. The molecule has 0 atom stereocenters. The Morgan fingerprint density at radius 2 is 1.87 bits per heavy atom. The standard InChI is InChI=1S/C22H23F2N3O3/c1-29-20-13-18(7-8-19(20)30-22(23)24)21(28)27-10-2-9-26(11-12-27)15-17-5-3-16(14-25)4-6-17/h3-8,13,22H,2,9-12,15H2,1H3. The highest BCUT2D eigenvalue weighted by Gasteiger charge is 2.22. The van der Waals surface area contributed by atoms with E-state index in [1.165, 1.54) is 25.3 Å². The van der Waals surface area contributed by atoms with Crippen LogP contribution in [0.3, 0.4) is 0 Å². The summed E-state index contributed by atoms with van der Waals surface area (Å²) < 4.78 is 34.5. The number of halogens is 2. The van der Waals surface area contributed by atoms with E-state index in [4.69, 9.17) is 10.00 Å². The molecule has 0 N–H and O–H groups in total. The summed E-state index contributed by atoms with van der Waals surface area (Å²) in [7, 11) is 1.34. The quantitative estimate of drug-likeness (QED) is 0.722. The lowest BCUT2D eigenvalue weighted by Crippen LogP contribution is -2.35. The number of methoxy groups -OCH3 is 1. The van der Waals surface area contributed by atoms with Crippen LogP contribution in [0.1, 0.15) is 27.9 Å². The average Bonchev–Trinajstić information content (AvgIpc) is 2.99. The normalized spacial score (nSPS) is 14.8. The Labute approximate surface area is 174 Å². The van der Waals surface area contributed by atoms with Crippen LogP contribution in [-0.2, 0) is 6.54 Å². The van der Waals surface area contributed by atoms with Gasteiger partial charge in [0.05, 0.1) is 18.7 Å². The third kappa shape index (κ3) is 5.45. The number of rotatable bonds is 6. The van der Waals surface area contributed by atoms with Crippen LogP contribution in [0.2, 0.25) is 0 Å². The molecule has 2 aromatic carbocycles. The van der Waals surface area contributed by atoms with E-state index in [0.717, 1.165) is 31.6 Å². The number of alkyl halides is 2. The number of benzene rings is 2. The highest BCUT2D eigenvalue weighted by molar-refractivity contribution is 5.95. The first-order chi connectivity index (χ1) is 14.5. The van der Waals surface area contributed by atoms with Crippen molar-refractivity contribution in [3.05, 3.63) is 59.2 Å². The number of carbonyl (C=O) groups is 1. The maximum atomic E-state index is 12.9. The van der Waals surface area contributed by atoms with E-state index in [2.05, 4.69) is 15.7 Å². The van der Waals surface area contributed by atoms with Gasteiger partial charge in [0.15, 0.2) is 11.5 Å². The molecular formula is C22H23F2N3O3. The average molecular weight is 415 g/mol. The van der Waals surface area contributed by atoms with Crippen LogP contribution < -0.4 is 9.47 Å². The number of ether oxygens (including phenoxy) is 2. The molecule has 30 heavy (non-hydrogen) atoms. The lowest BCUT2D eigenvalue weighted by molar-refractivity contribution is -0.0512. The third-order valence-corrected chi connectivity index (χ3v) is 4.99. The highest BCUT2D eigenvalue weighted by atomic mass is 19.3. The predicted molar refractivity (Wildman–Crippen MR) is 107 cm³/mol. The van der Waals surface area contributed by atoms with E-state index < -0.39 is 6.61 Å². The van der Waals surface area contributed by atoms with Gasteiger partial charge in [-0.2, -0.15) is 14.0 Å². The zero-order valence-electron chi connectivity index (χ0n) is 16.7. The Kier molecular flexibility index (Phi) is 7.20. The van der Waals surface area contributed by atoms with Gasteiger partial charge in [-0.3, -0.25) is 9.69 Å². The van der Waals surface area contributed by atoms with Crippen LogP contribution in [0.5, 0.6) is 11.5 Å². The number of carbonyl (C=O) groups excluding carboxylic acids is 1. The minimum absolute atomic E-state index is 0.0958. The molecule has 1 saturated heterocycles. The zero-order valence-corrected chi connectivity index (χ0v) is 16.7. The summed E-state index contributed by atoms with van der Waals surface area (Å²) in [6, 6.07) is 13.8. The molecule has 0 aromatic heterocycles. The van der Waals surface area contributed by atoms with Crippen molar-refractivity contribution in [2.75, 3.05) is 33.3 Å². The number of nitriles is 1. The van der Waals surface area contributed by atoms with E-state index in [-0.39, 0.29) is 17.4 Å².